The molecule has 0 radical (unpaired) electrons. The normalized spacial score (nSPS) is 14.1. The number of ketones is 1. The number of likely N-dealkylation sites (tertiary alicyclic amines) is 1. The third kappa shape index (κ3) is 5.24. The van der Waals surface area contributed by atoms with E-state index in [9.17, 15) is 9.59 Å². The molecule has 1 saturated heterocycles. The molecule has 1 amide bonds. The Morgan fingerprint density at radius 3 is 2.40 bits per heavy atom. The molecule has 35 heavy (non-hydrogen) atoms. The Morgan fingerprint density at radius 2 is 1.77 bits per heavy atom. The predicted molar refractivity (Wildman–Crippen MR) is 132 cm³/mol. The standard InChI is InChI=1S/C28H32N2O5/c1-17-6-8-23(18(2)14-17)27(31)21-10-12-30(13-11-21)28(32)22-7-9-25(26(15-22)33-5)34-16-24-19(3)29-35-20(24)4/h6-9,14-15,21H,10-13,16H2,1-5H3. The average molecular weight is 477 g/mol. The number of benzene rings is 2. The lowest BCUT2D eigenvalue weighted by molar-refractivity contribution is 0.0650. The first-order valence-electron chi connectivity index (χ1n) is 11.9. The van der Waals surface area contributed by atoms with Crippen LogP contribution < -0.4 is 9.47 Å². The number of rotatable bonds is 7. The molecule has 7 heteroatoms. The molecule has 3 aromatic rings. The number of Topliss-reactive ketones (excluding diaryl/α,β-unsaturated/α-hetero) is 1. The molecule has 7 nitrogen and oxygen atoms in total. The zero-order valence-electron chi connectivity index (χ0n) is 21.0. The topological polar surface area (TPSA) is 81.9 Å². The largest absolute Gasteiger partial charge is 0.493 e. The number of amides is 1. The summed E-state index contributed by atoms with van der Waals surface area (Å²) in [6.07, 6.45) is 1.32. The number of hydrogen-bond donors (Lipinski definition) is 0. The van der Waals surface area contributed by atoms with E-state index in [1.165, 1.54) is 0 Å². The fourth-order valence-electron chi connectivity index (χ4n) is 4.62. The van der Waals surface area contributed by atoms with Gasteiger partial charge in [0.15, 0.2) is 17.3 Å². The Hall–Kier alpha value is -3.61. The Labute approximate surface area is 206 Å². The Bertz CT molecular complexity index is 1220. The maximum absolute atomic E-state index is 13.2. The van der Waals surface area contributed by atoms with Crippen molar-refractivity contribution in [1.29, 1.82) is 0 Å². The number of nitrogens with zero attached hydrogens (tertiary/aromatic N) is 2. The zero-order chi connectivity index (χ0) is 25.1. The first-order chi connectivity index (χ1) is 16.8. The van der Waals surface area contributed by atoms with Gasteiger partial charge in [-0.15, -0.1) is 0 Å². The van der Waals surface area contributed by atoms with Gasteiger partial charge in [-0.3, -0.25) is 9.59 Å². The molecule has 0 unspecified atom stereocenters. The highest BCUT2D eigenvalue weighted by atomic mass is 16.5. The van der Waals surface area contributed by atoms with Crippen LogP contribution in [0, 0.1) is 33.6 Å². The molecular weight excluding hydrogens is 444 g/mol. The van der Waals surface area contributed by atoms with Crippen molar-refractivity contribution in [3.8, 4) is 11.5 Å². The summed E-state index contributed by atoms with van der Waals surface area (Å²) in [6.45, 7) is 9.11. The van der Waals surface area contributed by atoms with Gasteiger partial charge in [0.05, 0.1) is 18.4 Å². The summed E-state index contributed by atoms with van der Waals surface area (Å²) in [6, 6.07) is 11.2. The molecule has 0 N–H and O–H groups in total. The van der Waals surface area contributed by atoms with E-state index >= 15 is 0 Å². The highest BCUT2D eigenvalue weighted by Gasteiger charge is 2.29. The number of ether oxygens (including phenoxy) is 2. The number of aryl methyl sites for hydroxylation is 4. The van der Waals surface area contributed by atoms with E-state index in [1.807, 2.05) is 50.8 Å². The second-order valence-corrected chi connectivity index (χ2v) is 9.21. The van der Waals surface area contributed by atoms with Crippen molar-refractivity contribution in [2.75, 3.05) is 20.2 Å². The molecule has 1 fully saturated rings. The molecule has 0 spiro atoms. The Balaban J connectivity index is 1.39. The predicted octanol–water partition coefficient (Wildman–Crippen LogP) is 5.23. The lowest BCUT2D eigenvalue weighted by Gasteiger charge is -2.31. The van der Waals surface area contributed by atoms with Crippen molar-refractivity contribution in [3.63, 3.8) is 0 Å². The number of aromatic nitrogens is 1. The van der Waals surface area contributed by atoms with E-state index < -0.39 is 0 Å². The van der Waals surface area contributed by atoms with Gasteiger partial charge in [0, 0.05) is 30.1 Å². The molecule has 0 saturated carbocycles. The fourth-order valence-corrected chi connectivity index (χ4v) is 4.62. The van der Waals surface area contributed by atoms with Gasteiger partial charge in [-0.25, -0.2) is 0 Å². The van der Waals surface area contributed by atoms with E-state index in [0.29, 0.717) is 55.4 Å². The second-order valence-electron chi connectivity index (χ2n) is 9.21. The van der Waals surface area contributed by atoms with Crippen LogP contribution in [-0.2, 0) is 6.61 Å². The lowest BCUT2D eigenvalue weighted by Crippen LogP contribution is -2.40. The molecule has 4 rings (SSSR count). The average Bonchev–Trinajstić information content (AvgIpc) is 3.18. The lowest BCUT2D eigenvalue weighted by atomic mass is 9.87. The number of piperidine rings is 1. The summed E-state index contributed by atoms with van der Waals surface area (Å²) < 4.78 is 16.6. The van der Waals surface area contributed by atoms with Gasteiger partial charge >= 0.3 is 0 Å². The highest BCUT2D eigenvalue weighted by molar-refractivity contribution is 5.99. The van der Waals surface area contributed by atoms with E-state index in [0.717, 1.165) is 27.9 Å². The molecule has 1 aliphatic rings. The SMILES string of the molecule is COc1cc(C(=O)N2CCC(C(=O)c3ccc(C)cc3C)CC2)ccc1OCc1c(C)noc1C. The first kappa shape index (κ1) is 24.5. The summed E-state index contributed by atoms with van der Waals surface area (Å²) >= 11 is 0. The maximum Gasteiger partial charge on any atom is 0.253 e. The van der Waals surface area contributed by atoms with Gasteiger partial charge in [0.25, 0.3) is 5.91 Å². The number of carbonyl (C=O) groups excluding carboxylic acids is 2. The molecule has 0 atom stereocenters. The van der Waals surface area contributed by atoms with Crippen molar-refractivity contribution < 1.29 is 23.6 Å². The van der Waals surface area contributed by atoms with Gasteiger partial charge in [0.2, 0.25) is 0 Å². The van der Waals surface area contributed by atoms with Gasteiger partial charge in [-0.1, -0.05) is 28.9 Å². The van der Waals surface area contributed by atoms with Crippen LogP contribution in [0.5, 0.6) is 11.5 Å². The quantitative estimate of drug-likeness (QED) is 0.434. The van der Waals surface area contributed by atoms with Crippen molar-refractivity contribution in [2.45, 2.75) is 47.1 Å². The van der Waals surface area contributed by atoms with Crippen molar-refractivity contribution >= 4 is 11.7 Å². The number of carbonyl (C=O) groups is 2. The summed E-state index contributed by atoms with van der Waals surface area (Å²) in [5, 5.41) is 3.94. The number of hydrogen-bond acceptors (Lipinski definition) is 6. The van der Waals surface area contributed by atoms with Gasteiger partial charge in [0.1, 0.15) is 12.4 Å². The van der Waals surface area contributed by atoms with Crippen LogP contribution in [0.4, 0.5) is 0 Å². The van der Waals surface area contributed by atoms with Crippen LogP contribution in [-0.4, -0.2) is 41.9 Å². The molecule has 1 aromatic heterocycles. The van der Waals surface area contributed by atoms with Crippen molar-refractivity contribution in [1.82, 2.24) is 10.1 Å². The van der Waals surface area contributed by atoms with Crippen LogP contribution in [0.1, 0.15) is 61.7 Å². The van der Waals surface area contributed by atoms with Gasteiger partial charge in [-0.2, -0.15) is 0 Å². The summed E-state index contributed by atoms with van der Waals surface area (Å²) in [4.78, 5) is 28.0. The van der Waals surface area contributed by atoms with Crippen LogP contribution in [0.3, 0.4) is 0 Å². The minimum Gasteiger partial charge on any atom is -0.493 e. The van der Waals surface area contributed by atoms with E-state index in [1.54, 1.807) is 25.3 Å². The Kier molecular flexibility index (Phi) is 7.24. The second kappa shape index (κ2) is 10.3. The molecule has 0 bridgehead atoms. The molecule has 0 aliphatic carbocycles. The summed E-state index contributed by atoms with van der Waals surface area (Å²) in [5.41, 5.74) is 5.16. The zero-order valence-corrected chi connectivity index (χ0v) is 21.0. The van der Waals surface area contributed by atoms with Gasteiger partial charge < -0.3 is 18.9 Å². The van der Waals surface area contributed by atoms with Gasteiger partial charge in [-0.05, 0) is 64.3 Å². The minimum atomic E-state index is -0.0713. The molecular formula is C28H32N2O5. The molecule has 184 valence electrons. The Morgan fingerprint density at radius 1 is 1.03 bits per heavy atom. The smallest absolute Gasteiger partial charge is 0.253 e. The van der Waals surface area contributed by atoms with Crippen LogP contribution in [0.2, 0.25) is 0 Å². The monoisotopic (exact) mass is 476 g/mol. The first-order valence-corrected chi connectivity index (χ1v) is 11.9. The molecule has 1 aliphatic heterocycles. The van der Waals surface area contributed by atoms with E-state index in [2.05, 4.69) is 5.16 Å². The highest BCUT2D eigenvalue weighted by Crippen LogP contribution is 2.31. The third-order valence-electron chi connectivity index (χ3n) is 6.76. The van der Waals surface area contributed by atoms with Crippen LogP contribution in [0.15, 0.2) is 40.9 Å². The van der Waals surface area contributed by atoms with Crippen molar-refractivity contribution in [2.24, 2.45) is 5.92 Å². The molecule has 2 heterocycles. The maximum atomic E-state index is 13.2. The minimum absolute atomic E-state index is 0.0601. The number of methoxy groups -OCH3 is 1. The summed E-state index contributed by atoms with van der Waals surface area (Å²) in [7, 11) is 1.55. The van der Waals surface area contributed by atoms with E-state index in [-0.39, 0.29) is 17.6 Å². The third-order valence-corrected chi connectivity index (χ3v) is 6.76. The van der Waals surface area contributed by atoms with Crippen LogP contribution in [0.25, 0.3) is 0 Å². The summed E-state index contributed by atoms with van der Waals surface area (Å²) in [5.74, 6) is 1.79. The van der Waals surface area contributed by atoms with Crippen molar-refractivity contribution in [3.05, 3.63) is 75.7 Å². The molecule has 2 aromatic carbocycles. The fraction of sp³-hybridized carbons (Fsp3) is 0.393. The van der Waals surface area contributed by atoms with E-state index in [4.69, 9.17) is 14.0 Å². The van der Waals surface area contributed by atoms with Crippen LogP contribution >= 0.6 is 0 Å².